The summed E-state index contributed by atoms with van der Waals surface area (Å²) in [6, 6.07) is 3.76. The lowest BCUT2D eigenvalue weighted by Crippen LogP contribution is -1.89. The van der Waals surface area contributed by atoms with Crippen LogP contribution in [-0.2, 0) is 0 Å². The fourth-order valence-corrected chi connectivity index (χ4v) is 1.21. The minimum absolute atomic E-state index is 0.407. The normalized spacial score (nSPS) is 10.5. The van der Waals surface area contributed by atoms with Crippen LogP contribution < -0.4 is 4.74 Å². The molecule has 0 saturated heterocycles. The summed E-state index contributed by atoms with van der Waals surface area (Å²) in [7, 11) is 1.49. The van der Waals surface area contributed by atoms with E-state index >= 15 is 0 Å². The molecule has 1 aromatic carbocycles. The third-order valence-corrected chi connectivity index (χ3v) is 1.93. The Morgan fingerprint density at radius 3 is 2.57 bits per heavy atom. The van der Waals surface area contributed by atoms with E-state index in [1.807, 2.05) is 0 Å². The first-order valence-electron chi connectivity index (χ1n) is 3.99. The molecule has 0 spiro atoms. The van der Waals surface area contributed by atoms with Crippen LogP contribution in [0.25, 0.3) is 10.9 Å². The van der Waals surface area contributed by atoms with Gasteiger partial charge in [-0.15, -0.1) is 0 Å². The molecule has 2 nitrogen and oxygen atoms in total. The Morgan fingerprint density at radius 2 is 1.86 bits per heavy atom. The molecule has 2 aromatic rings. The Bertz CT molecular complexity index is 485. The minimum atomic E-state index is -0.893. The van der Waals surface area contributed by atoms with Crippen molar-refractivity contribution in [1.29, 1.82) is 0 Å². The van der Waals surface area contributed by atoms with E-state index < -0.39 is 11.6 Å². The number of ether oxygens (including phenoxy) is 1. The second kappa shape index (κ2) is 3.21. The summed E-state index contributed by atoms with van der Waals surface area (Å²) >= 11 is 0. The van der Waals surface area contributed by atoms with Gasteiger partial charge in [-0.05, 0) is 12.1 Å². The maximum Gasteiger partial charge on any atom is 0.161 e. The van der Waals surface area contributed by atoms with Crippen molar-refractivity contribution in [3.63, 3.8) is 0 Å². The van der Waals surface area contributed by atoms with Crippen molar-refractivity contribution in [2.24, 2.45) is 0 Å². The van der Waals surface area contributed by atoms with Crippen LogP contribution >= 0.6 is 0 Å². The van der Waals surface area contributed by atoms with Crippen LogP contribution in [0.2, 0.25) is 0 Å². The number of fused-ring (bicyclic) bond motifs is 1. The molecule has 1 aromatic heterocycles. The van der Waals surface area contributed by atoms with Crippen LogP contribution in [0.4, 0.5) is 8.78 Å². The Hall–Kier alpha value is -1.71. The molecule has 0 aliphatic carbocycles. The van der Waals surface area contributed by atoms with Gasteiger partial charge in [-0.1, -0.05) is 0 Å². The third-order valence-electron chi connectivity index (χ3n) is 1.93. The number of pyridine rings is 1. The van der Waals surface area contributed by atoms with Gasteiger partial charge >= 0.3 is 0 Å². The largest absolute Gasteiger partial charge is 0.495 e. The number of aromatic nitrogens is 1. The molecule has 0 N–H and O–H groups in total. The van der Waals surface area contributed by atoms with Gasteiger partial charge in [-0.3, -0.25) is 4.98 Å². The fourth-order valence-electron chi connectivity index (χ4n) is 1.21. The maximum absolute atomic E-state index is 12.8. The first-order valence-corrected chi connectivity index (χ1v) is 3.99. The molecular weight excluding hydrogens is 188 g/mol. The number of hydrogen-bond donors (Lipinski definition) is 0. The summed E-state index contributed by atoms with van der Waals surface area (Å²) < 4.78 is 30.5. The Labute approximate surface area is 79.1 Å². The minimum Gasteiger partial charge on any atom is -0.495 e. The quantitative estimate of drug-likeness (QED) is 0.697. The van der Waals surface area contributed by atoms with Crippen molar-refractivity contribution in [3.05, 3.63) is 36.0 Å². The molecule has 0 radical (unpaired) electrons. The summed E-state index contributed by atoms with van der Waals surface area (Å²) in [6.45, 7) is 0. The fraction of sp³-hybridized carbons (Fsp3) is 0.100. The lowest BCUT2D eigenvalue weighted by molar-refractivity contribution is 0.413. The topological polar surface area (TPSA) is 22.1 Å². The Morgan fingerprint density at radius 1 is 1.14 bits per heavy atom. The van der Waals surface area contributed by atoms with Gasteiger partial charge in [0.15, 0.2) is 11.6 Å². The highest BCUT2D eigenvalue weighted by atomic mass is 19.2. The Kier molecular flexibility index (Phi) is 2.04. The van der Waals surface area contributed by atoms with E-state index in [0.29, 0.717) is 16.7 Å². The first kappa shape index (κ1) is 8.87. The predicted molar refractivity (Wildman–Crippen MR) is 48.2 cm³/mol. The van der Waals surface area contributed by atoms with E-state index in [2.05, 4.69) is 4.98 Å². The molecular formula is C10H7F2NO. The average Bonchev–Trinajstić information content (AvgIpc) is 2.19. The van der Waals surface area contributed by atoms with E-state index in [1.165, 1.54) is 13.3 Å². The molecule has 0 aliphatic heterocycles. The van der Waals surface area contributed by atoms with Gasteiger partial charge in [0, 0.05) is 11.5 Å². The molecule has 14 heavy (non-hydrogen) atoms. The van der Waals surface area contributed by atoms with Crippen molar-refractivity contribution < 1.29 is 13.5 Å². The number of hydrogen-bond acceptors (Lipinski definition) is 2. The van der Waals surface area contributed by atoms with Crippen molar-refractivity contribution in [2.75, 3.05) is 7.11 Å². The second-order valence-corrected chi connectivity index (χ2v) is 2.83. The summed E-state index contributed by atoms with van der Waals surface area (Å²) in [6.07, 6.45) is 1.46. The van der Waals surface area contributed by atoms with E-state index in [1.54, 1.807) is 6.07 Å². The van der Waals surface area contributed by atoms with Crippen molar-refractivity contribution in [1.82, 2.24) is 4.98 Å². The summed E-state index contributed by atoms with van der Waals surface area (Å²) in [4.78, 5) is 3.92. The van der Waals surface area contributed by atoms with Crippen LogP contribution in [0, 0.1) is 11.6 Å². The molecule has 1 heterocycles. The molecule has 4 heteroatoms. The molecule has 0 aliphatic rings. The van der Waals surface area contributed by atoms with Crippen LogP contribution in [-0.4, -0.2) is 12.1 Å². The molecule has 0 atom stereocenters. The van der Waals surface area contributed by atoms with E-state index in [-0.39, 0.29) is 0 Å². The van der Waals surface area contributed by atoms with Crippen LogP contribution in [0.5, 0.6) is 5.75 Å². The van der Waals surface area contributed by atoms with Gasteiger partial charge in [0.2, 0.25) is 0 Å². The van der Waals surface area contributed by atoms with E-state index in [4.69, 9.17) is 4.74 Å². The molecule has 0 saturated carbocycles. The molecule has 0 bridgehead atoms. The average molecular weight is 195 g/mol. The molecule has 2 rings (SSSR count). The summed E-state index contributed by atoms with van der Waals surface area (Å²) in [5.41, 5.74) is 0.407. The summed E-state index contributed by atoms with van der Waals surface area (Å²) in [5, 5.41) is 0.517. The number of methoxy groups -OCH3 is 1. The highest BCUT2D eigenvalue weighted by Gasteiger charge is 2.05. The van der Waals surface area contributed by atoms with Gasteiger partial charge in [0.25, 0.3) is 0 Å². The third kappa shape index (κ3) is 1.39. The van der Waals surface area contributed by atoms with Crippen molar-refractivity contribution in [2.45, 2.75) is 0 Å². The second-order valence-electron chi connectivity index (χ2n) is 2.83. The monoisotopic (exact) mass is 195 g/mol. The van der Waals surface area contributed by atoms with E-state index in [0.717, 1.165) is 12.1 Å². The lowest BCUT2D eigenvalue weighted by atomic mass is 10.2. The zero-order valence-corrected chi connectivity index (χ0v) is 7.42. The Balaban J connectivity index is 2.70. The maximum atomic E-state index is 12.8. The number of rotatable bonds is 1. The zero-order valence-electron chi connectivity index (χ0n) is 7.42. The van der Waals surface area contributed by atoms with Crippen molar-refractivity contribution in [3.8, 4) is 5.75 Å². The smallest absolute Gasteiger partial charge is 0.161 e. The molecule has 0 unspecified atom stereocenters. The van der Waals surface area contributed by atoms with Gasteiger partial charge in [0.05, 0.1) is 18.8 Å². The first-order chi connectivity index (χ1) is 6.70. The molecule has 0 amide bonds. The van der Waals surface area contributed by atoms with Gasteiger partial charge in [0.1, 0.15) is 5.75 Å². The SMILES string of the molecule is COc1cnc2cc(F)c(F)cc2c1. The van der Waals surface area contributed by atoms with Crippen LogP contribution in [0.1, 0.15) is 0 Å². The van der Waals surface area contributed by atoms with E-state index in [9.17, 15) is 8.78 Å². The highest BCUT2D eigenvalue weighted by Crippen LogP contribution is 2.20. The van der Waals surface area contributed by atoms with Gasteiger partial charge < -0.3 is 4.74 Å². The molecule has 0 fully saturated rings. The highest BCUT2D eigenvalue weighted by molar-refractivity contribution is 5.79. The van der Waals surface area contributed by atoms with Gasteiger partial charge in [-0.2, -0.15) is 0 Å². The zero-order chi connectivity index (χ0) is 10.1. The summed E-state index contributed by atoms with van der Waals surface area (Å²) in [5.74, 6) is -1.26. The number of halogens is 2. The number of benzene rings is 1. The molecule has 72 valence electrons. The van der Waals surface area contributed by atoms with Crippen LogP contribution in [0.15, 0.2) is 24.4 Å². The van der Waals surface area contributed by atoms with Crippen molar-refractivity contribution >= 4 is 10.9 Å². The standard InChI is InChI=1S/C10H7F2NO/c1-14-7-2-6-3-8(11)9(12)4-10(6)13-5-7/h2-5H,1H3. The number of nitrogens with zero attached hydrogens (tertiary/aromatic N) is 1. The van der Waals surface area contributed by atoms with Crippen LogP contribution in [0.3, 0.4) is 0 Å². The lowest BCUT2D eigenvalue weighted by Gasteiger charge is -2.01. The predicted octanol–water partition coefficient (Wildman–Crippen LogP) is 2.52. The van der Waals surface area contributed by atoms with Gasteiger partial charge in [-0.25, -0.2) is 8.78 Å².